The minimum atomic E-state index is -0.423. The van der Waals surface area contributed by atoms with Crippen LogP contribution in [-0.4, -0.2) is 18.6 Å². The van der Waals surface area contributed by atoms with Crippen LogP contribution < -0.4 is 4.84 Å². The van der Waals surface area contributed by atoms with E-state index in [1.165, 1.54) is 0 Å². The lowest BCUT2D eigenvalue weighted by Gasteiger charge is -2.06. The van der Waals surface area contributed by atoms with Crippen LogP contribution in [0.5, 0.6) is 0 Å². The van der Waals surface area contributed by atoms with Crippen molar-refractivity contribution in [2.24, 2.45) is 0 Å². The topological polar surface area (TPSA) is 38.3 Å². The molecule has 0 bridgehead atoms. The molecule has 1 N–H and O–H groups in total. The Balaban J connectivity index is 3.42. The van der Waals surface area contributed by atoms with Gasteiger partial charge in [0.05, 0.1) is 6.61 Å². The molecule has 0 aromatic rings. The number of esters is 1. The summed E-state index contributed by atoms with van der Waals surface area (Å²) < 4.78 is 4.76. The number of hydrogen-bond donors (Lipinski definition) is 1. The van der Waals surface area contributed by atoms with Crippen LogP contribution in [0.25, 0.3) is 0 Å². The Kier molecular flexibility index (Phi) is 5.35. The first-order valence-electron chi connectivity index (χ1n) is 3.25. The molecule has 10 heavy (non-hydrogen) atoms. The zero-order valence-electron chi connectivity index (χ0n) is 6.19. The van der Waals surface area contributed by atoms with Gasteiger partial charge in [0, 0.05) is 0 Å². The first kappa shape index (κ1) is 9.72. The average molecular weight is 166 g/mol. The van der Waals surface area contributed by atoms with E-state index in [0.29, 0.717) is 6.61 Å². The van der Waals surface area contributed by atoms with E-state index < -0.39 is 6.04 Å². The summed E-state index contributed by atoms with van der Waals surface area (Å²) in [4.78, 5) is 13.0. The molecule has 1 unspecified atom stereocenters. The quantitative estimate of drug-likeness (QED) is 0.500. The highest BCUT2D eigenvalue weighted by molar-refractivity contribution is 6.14. The Morgan fingerprint density at radius 1 is 1.80 bits per heavy atom. The van der Waals surface area contributed by atoms with Gasteiger partial charge in [0.25, 0.3) is 0 Å². The number of carbonyl (C=O) groups is 1. The molecule has 0 radical (unpaired) electrons. The van der Waals surface area contributed by atoms with E-state index in [-0.39, 0.29) is 5.97 Å². The summed E-state index contributed by atoms with van der Waals surface area (Å²) in [7, 11) is 0. The van der Waals surface area contributed by atoms with Crippen molar-refractivity contribution in [2.75, 3.05) is 6.61 Å². The highest BCUT2D eigenvalue weighted by atomic mass is 35.5. The largest absolute Gasteiger partial charge is 0.465 e. The molecule has 0 saturated heterocycles. The van der Waals surface area contributed by atoms with Crippen LogP contribution in [0.4, 0.5) is 0 Å². The molecule has 0 amide bonds. The number of hydrogen-bond acceptors (Lipinski definition) is 3. The van der Waals surface area contributed by atoms with Gasteiger partial charge in [-0.15, -0.1) is 0 Å². The number of ether oxygens (including phenoxy) is 1. The molecular formula is C6H12ClNO2. The van der Waals surface area contributed by atoms with Crippen LogP contribution in [0.15, 0.2) is 0 Å². The third-order valence-electron chi connectivity index (χ3n) is 0.966. The second kappa shape index (κ2) is 5.50. The maximum Gasteiger partial charge on any atom is 0.324 e. The van der Waals surface area contributed by atoms with Crippen molar-refractivity contribution in [3.63, 3.8) is 0 Å². The fraction of sp³-hybridized carbons (Fsp3) is 0.833. The highest BCUT2D eigenvalue weighted by Crippen LogP contribution is 1.89. The fourth-order valence-corrected chi connectivity index (χ4v) is 0.461. The predicted octanol–water partition coefficient (Wildman–Crippen LogP) is 1.07. The van der Waals surface area contributed by atoms with Crippen molar-refractivity contribution in [3.8, 4) is 0 Å². The summed E-state index contributed by atoms with van der Waals surface area (Å²) in [5, 5.41) is 0. The molecule has 0 aliphatic rings. The van der Waals surface area contributed by atoms with Crippen molar-refractivity contribution >= 4 is 17.7 Å². The van der Waals surface area contributed by atoms with E-state index in [0.717, 1.165) is 6.42 Å². The van der Waals surface area contributed by atoms with Crippen LogP contribution >= 0.6 is 11.8 Å². The van der Waals surface area contributed by atoms with Gasteiger partial charge in [-0.25, -0.2) is 4.84 Å². The normalized spacial score (nSPS) is 12.7. The van der Waals surface area contributed by atoms with Gasteiger partial charge in [0.1, 0.15) is 6.04 Å². The van der Waals surface area contributed by atoms with Crippen molar-refractivity contribution in [1.29, 1.82) is 0 Å². The van der Waals surface area contributed by atoms with Gasteiger partial charge in [0.15, 0.2) is 0 Å². The number of rotatable bonds is 4. The van der Waals surface area contributed by atoms with Crippen molar-refractivity contribution < 1.29 is 9.53 Å². The summed E-state index contributed by atoms with van der Waals surface area (Å²) in [6.07, 6.45) is 0.834. The Morgan fingerprint density at radius 2 is 2.40 bits per heavy atom. The summed E-state index contributed by atoms with van der Waals surface area (Å²) in [5.74, 6) is -0.308. The Labute approximate surface area is 65.8 Å². The highest BCUT2D eigenvalue weighted by Gasteiger charge is 2.10. The summed E-state index contributed by atoms with van der Waals surface area (Å²) in [6.45, 7) is 4.04. The molecule has 0 aromatic heterocycles. The minimum absolute atomic E-state index is 0.308. The molecule has 0 saturated carbocycles. The van der Waals surface area contributed by atoms with Gasteiger partial charge in [-0.1, -0.05) is 6.92 Å². The zero-order chi connectivity index (χ0) is 7.98. The average Bonchev–Trinajstić information content (AvgIpc) is 1.98. The second-order valence-electron chi connectivity index (χ2n) is 2.00. The number of carbonyl (C=O) groups excluding carboxylic acids is 1. The smallest absolute Gasteiger partial charge is 0.324 e. The zero-order valence-corrected chi connectivity index (χ0v) is 6.94. The molecule has 0 aliphatic carbocycles. The van der Waals surface area contributed by atoms with Crippen molar-refractivity contribution in [2.45, 2.75) is 26.3 Å². The van der Waals surface area contributed by atoms with Crippen molar-refractivity contribution in [1.82, 2.24) is 4.84 Å². The fourth-order valence-electron chi connectivity index (χ4n) is 0.372. The van der Waals surface area contributed by atoms with Crippen LogP contribution in [0.3, 0.4) is 0 Å². The standard InChI is InChI=1S/C6H12ClNO2/c1-3-4-10-6(9)5(2)8-7/h5,8H,3-4H2,1-2H3. The van der Waals surface area contributed by atoms with Crippen LogP contribution in [0.1, 0.15) is 20.3 Å². The molecular weight excluding hydrogens is 154 g/mol. The Hall–Kier alpha value is -0.280. The summed E-state index contributed by atoms with van der Waals surface area (Å²) >= 11 is 5.17. The lowest BCUT2D eigenvalue weighted by molar-refractivity contribution is -0.145. The second-order valence-corrected chi connectivity index (χ2v) is 2.22. The van der Waals surface area contributed by atoms with Gasteiger partial charge in [-0.05, 0) is 25.1 Å². The Morgan fingerprint density at radius 3 is 2.80 bits per heavy atom. The molecule has 0 spiro atoms. The van der Waals surface area contributed by atoms with E-state index in [2.05, 4.69) is 4.84 Å². The van der Waals surface area contributed by atoms with Gasteiger partial charge >= 0.3 is 5.97 Å². The van der Waals surface area contributed by atoms with E-state index in [9.17, 15) is 4.79 Å². The van der Waals surface area contributed by atoms with Crippen LogP contribution in [0, 0.1) is 0 Å². The molecule has 0 aliphatic heterocycles. The predicted molar refractivity (Wildman–Crippen MR) is 39.7 cm³/mol. The van der Waals surface area contributed by atoms with Crippen molar-refractivity contribution in [3.05, 3.63) is 0 Å². The monoisotopic (exact) mass is 165 g/mol. The summed E-state index contributed by atoms with van der Waals surface area (Å²) in [6, 6.07) is -0.423. The number of halogens is 1. The Bertz CT molecular complexity index is 108. The van der Waals surface area contributed by atoms with Gasteiger partial charge in [-0.3, -0.25) is 4.79 Å². The van der Waals surface area contributed by atoms with E-state index in [1.807, 2.05) is 6.92 Å². The van der Waals surface area contributed by atoms with E-state index in [4.69, 9.17) is 16.5 Å². The molecule has 0 rings (SSSR count). The summed E-state index contributed by atoms with van der Waals surface area (Å²) in [5.41, 5.74) is 0. The van der Waals surface area contributed by atoms with Crippen LogP contribution in [0.2, 0.25) is 0 Å². The van der Waals surface area contributed by atoms with E-state index in [1.54, 1.807) is 6.92 Å². The molecule has 4 heteroatoms. The molecule has 3 nitrogen and oxygen atoms in total. The van der Waals surface area contributed by atoms with Crippen LogP contribution in [-0.2, 0) is 9.53 Å². The van der Waals surface area contributed by atoms with Gasteiger partial charge < -0.3 is 4.74 Å². The molecule has 1 atom stereocenters. The third-order valence-corrected chi connectivity index (χ3v) is 1.29. The first-order valence-corrected chi connectivity index (χ1v) is 3.63. The maximum absolute atomic E-state index is 10.8. The third kappa shape index (κ3) is 3.69. The van der Waals surface area contributed by atoms with Gasteiger partial charge in [-0.2, -0.15) is 0 Å². The maximum atomic E-state index is 10.8. The lowest BCUT2D eigenvalue weighted by atomic mass is 10.4. The van der Waals surface area contributed by atoms with E-state index >= 15 is 0 Å². The molecule has 0 fully saturated rings. The molecule has 0 heterocycles. The number of nitrogens with one attached hydrogen (secondary N) is 1. The SMILES string of the molecule is CCCOC(=O)C(C)NCl. The van der Waals surface area contributed by atoms with Gasteiger partial charge in [0.2, 0.25) is 0 Å². The molecule has 60 valence electrons. The molecule has 0 aromatic carbocycles. The lowest BCUT2D eigenvalue weighted by Crippen LogP contribution is -2.29. The minimum Gasteiger partial charge on any atom is -0.465 e. The first-order chi connectivity index (χ1) is 4.72.